The van der Waals surface area contributed by atoms with Crippen LogP contribution in [-0.4, -0.2) is 41.7 Å². The third kappa shape index (κ3) is 2.89. The molecular weight excluding hydrogens is 188 g/mol. The second-order valence-electron chi connectivity index (χ2n) is 4.45. The summed E-state index contributed by atoms with van der Waals surface area (Å²) in [6, 6.07) is 0. The summed E-state index contributed by atoms with van der Waals surface area (Å²) in [6.07, 6.45) is -1.05. The topological polar surface area (TPSA) is 23.5 Å². The van der Waals surface area contributed by atoms with E-state index in [1.54, 1.807) is 4.90 Å². The largest absolute Gasteiger partial charge is 0.390 e. The molecule has 0 radical (unpaired) electrons. The van der Waals surface area contributed by atoms with Crippen molar-refractivity contribution in [2.45, 2.75) is 38.7 Å². The molecule has 0 bridgehead atoms. The minimum atomic E-state index is -2.26. The van der Waals surface area contributed by atoms with Crippen LogP contribution in [0.3, 0.4) is 0 Å². The summed E-state index contributed by atoms with van der Waals surface area (Å²) in [6.45, 7) is 4.96. The fraction of sp³-hybridized carbons (Fsp3) is 1.00. The number of rotatable bonds is 3. The van der Waals surface area contributed by atoms with Gasteiger partial charge in [-0.25, -0.2) is 8.78 Å². The van der Waals surface area contributed by atoms with Gasteiger partial charge in [0.15, 0.2) is 0 Å². The summed E-state index contributed by atoms with van der Waals surface area (Å²) in [5, 5.41) is 10.1. The molecule has 0 unspecified atom stereocenters. The molecule has 1 saturated heterocycles. The van der Waals surface area contributed by atoms with Gasteiger partial charge in [0.05, 0.1) is 12.1 Å². The molecule has 0 amide bonds. The Morgan fingerprint density at radius 2 is 1.79 bits per heavy atom. The molecule has 0 aliphatic carbocycles. The molecule has 1 rings (SSSR count). The van der Waals surface area contributed by atoms with E-state index in [1.165, 1.54) is 0 Å². The fourth-order valence-corrected chi connectivity index (χ4v) is 1.90. The first-order chi connectivity index (χ1) is 6.44. The predicted octanol–water partition coefficient (Wildman–Crippen LogP) is 1.73. The summed E-state index contributed by atoms with van der Waals surface area (Å²) in [4.78, 5) is 1.72. The molecule has 0 aromatic rings. The van der Waals surface area contributed by atoms with Crippen molar-refractivity contribution in [3.8, 4) is 0 Å². The quantitative estimate of drug-likeness (QED) is 0.762. The van der Waals surface area contributed by atoms with Crippen LogP contribution in [0.1, 0.15) is 26.7 Å². The van der Waals surface area contributed by atoms with E-state index in [2.05, 4.69) is 0 Å². The number of alkyl halides is 2. The highest BCUT2D eigenvalue weighted by atomic mass is 19.3. The Kier molecular flexibility index (Phi) is 3.84. The van der Waals surface area contributed by atoms with Gasteiger partial charge in [-0.3, -0.25) is 4.90 Å². The SMILES string of the molecule is CC(C)C1(O)CCN(CC(F)F)CC1. The minimum Gasteiger partial charge on any atom is -0.390 e. The van der Waals surface area contributed by atoms with Crippen molar-refractivity contribution in [1.29, 1.82) is 0 Å². The van der Waals surface area contributed by atoms with Crippen LogP contribution in [0.2, 0.25) is 0 Å². The monoisotopic (exact) mass is 207 g/mol. The highest BCUT2D eigenvalue weighted by Gasteiger charge is 2.35. The summed E-state index contributed by atoms with van der Waals surface area (Å²) in [5.41, 5.74) is -0.640. The number of halogens is 2. The van der Waals surface area contributed by atoms with Gasteiger partial charge in [0.1, 0.15) is 0 Å². The zero-order valence-corrected chi connectivity index (χ0v) is 8.84. The van der Waals surface area contributed by atoms with E-state index in [4.69, 9.17) is 0 Å². The van der Waals surface area contributed by atoms with E-state index in [0.29, 0.717) is 25.9 Å². The van der Waals surface area contributed by atoms with E-state index in [-0.39, 0.29) is 12.5 Å². The maximum atomic E-state index is 12.1. The van der Waals surface area contributed by atoms with Gasteiger partial charge in [-0.15, -0.1) is 0 Å². The van der Waals surface area contributed by atoms with Gasteiger partial charge in [0.25, 0.3) is 6.43 Å². The zero-order chi connectivity index (χ0) is 10.8. The molecule has 14 heavy (non-hydrogen) atoms. The highest BCUT2D eigenvalue weighted by Crippen LogP contribution is 2.29. The average Bonchev–Trinajstić information content (AvgIpc) is 2.08. The molecule has 1 aliphatic heterocycles. The zero-order valence-electron chi connectivity index (χ0n) is 8.84. The van der Waals surface area contributed by atoms with E-state index >= 15 is 0 Å². The Balaban J connectivity index is 2.38. The van der Waals surface area contributed by atoms with Gasteiger partial charge in [-0.05, 0) is 18.8 Å². The van der Waals surface area contributed by atoms with Crippen molar-refractivity contribution >= 4 is 0 Å². The number of piperidine rings is 1. The van der Waals surface area contributed by atoms with Crippen LogP contribution in [0.5, 0.6) is 0 Å². The molecule has 1 aliphatic rings. The second-order valence-corrected chi connectivity index (χ2v) is 4.45. The van der Waals surface area contributed by atoms with Crippen LogP contribution < -0.4 is 0 Å². The molecule has 1 fully saturated rings. The van der Waals surface area contributed by atoms with Gasteiger partial charge < -0.3 is 5.11 Å². The van der Waals surface area contributed by atoms with E-state index in [9.17, 15) is 13.9 Å². The average molecular weight is 207 g/mol. The maximum Gasteiger partial charge on any atom is 0.251 e. The van der Waals surface area contributed by atoms with Crippen molar-refractivity contribution in [2.75, 3.05) is 19.6 Å². The maximum absolute atomic E-state index is 12.1. The molecule has 1 heterocycles. The second kappa shape index (κ2) is 4.53. The molecule has 0 aromatic heterocycles. The summed E-state index contributed by atoms with van der Waals surface area (Å²) < 4.78 is 24.1. The van der Waals surface area contributed by atoms with Crippen LogP contribution in [-0.2, 0) is 0 Å². The Labute approximate surface area is 83.9 Å². The van der Waals surface area contributed by atoms with Crippen molar-refractivity contribution in [3.05, 3.63) is 0 Å². The van der Waals surface area contributed by atoms with Crippen LogP contribution in [0.25, 0.3) is 0 Å². The Morgan fingerprint density at radius 3 is 2.14 bits per heavy atom. The number of hydrogen-bond donors (Lipinski definition) is 1. The molecule has 0 saturated carbocycles. The van der Waals surface area contributed by atoms with Crippen LogP contribution in [0.15, 0.2) is 0 Å². The normalized spacial score (nSPS) is 23.4. The first kappa shape index (κ1) is 11.9. The van der Waals surface area contributed by atoms with Gasteiger partial charge in [-0.2, -0.15) is 0 Å². The molecule has 0 aromatic carbocycles. The third-order valence-corrected chi connectivity index (χ3v) is 3.19. The standard InChI is InChI=1S/C10H19F2NO/c1-8(2)10(14)3-5-13(6-4-10)7-9(11)12/h8-9,14H,3-7H2,1-2H3. The lowest BCUT2D eigenvalue weighted by Crippen LogP contribution is -2.48. The van der Waals surface area contributed by atoms with Crippen LogP contribution in [0, 0.1) is 5.92 Å². The smallest absolute Gasteiger partial charge is 0.251 e. The molecule has 0 atom stereocenters. The number of aliphatic hydroxyl groups is 1. The lowest BCUT2D eigenvalue weighted by Gasteiger charge is -2.40. The number of likely N-dealkylation sites (tertiary alicyclic amines) is 1. The molecule has 2 nitrogen and oxygen atoms in total. The van der Waals surface area contributed by atoms with E-state index in [0.717, 1.165) is 0 Å². The minimum absolute atomic E-state index is 0.159. The first-order valence-electron chi connectivity index (χ1n) is 5.17. The summed E-state index contributed by atoms with van der Waals surface area (Å²) in [7, 11) is 0. The molecule has 0 spiro atoms. The van der Waals surface area contributed by atoms with Gasteiger partial charge in [0.2, 0.25) is 0 Å². The first-order valence-corrected chi connectivity index (χ1v) is 5.17. The lowest BCUT2D eigenvalue weighted by atomic mass is 9.81. The van der Waals surface area contributed by atoms with Crippen molar-refractivity contribution < 1.29 is 13.9 Å². The Bertz CT molecular complexity index is 177. The third-order valence-electron chi connectivity index (χ3n) is 3.19. The lowest BCUT2D eigenvalue weighted by molar-refractivity contribution is -0.0638. The van der Waals surface area contributed by atoms with Gasteiger partial charge in [0, 0.05) is 13.1 Å². The van der Waals surface area contributed by atoms with E-state index < -0.39 is 12.0 Å². The van der Waals surface area contributed by atoms with Crippen molar-refractivity contribution in [1.82, 2.24) is 4.90 Å². The van der Waals surface area contributed by atoms with E-state index in [1.807, 2.05) is 13.8 Å². The summed E-state index contributed by atoms with van der Waals surface area (Å²) >= 11 is 0. The van der Waals surface area contributed by atoms with Crippen molar-refractivity contribution in [3.63, 3.8) is 0 Å². The molecule has 4 heteroatoms. The Hall–Kier alpha value is -0.220. The van der Waals surface area contributed by atoms with Crippen molar-refractivity contribution in [2.24, 2.45) is 5.92 Å². The molecule has 84 valence electrons. The Morgan fingerprint density at radius 1 is 1.29 bits per heavy atom. The summed E-state index contributed by atoms with van der Waals surface area (Å²) in [5.74, 6) is 0.205. The number of nitrogens with zero attached hydrogens (tertiary/aromatic N) is 1. The fourth-order valence-electron chi connectivity index (χ4n) is 1.90. The van der Waals surface area contributed by atoms with Gasteiger partial charge in [-0.1, -0.05) is 13.8 Å². The molecule has 1 N–H and O–H groups in total. The van der Waals surface area contributed by atoms with Crippen LogP contribution >= 0.6 is 0 Å². The highest BCUT2D eigenvalue weighted by molar-refractivity contribution is 4.88. The van der Waals surface area contributed by atoms with Gasteiger partial charge >= 0.3 is 0 Å². The van der Waals surface area contributed by atoms with Crippen LogP contribution in [0.4, 0.5) is 8.78 Å². The number of hydrogen-bond acceptors (Lipinski definition) is 2. The predicted molar refractivity (Wildman–Crippen MR) is 51.5 cm³/mol. The molecular formula is C10H19F2NO.